The third-order valence-electron chi connectivity index (χ3n) is 1.80. The summed E-state index contributed by atoms with van der Waals surface area (Å²) in [5.74, 6) is -0.588. The highest BCUT2D eigenvalue weighted by atomic mass is 16.6. The van der Waals surface area contributed by atoms with Crippen molar-refractivity contribution in [1.29, 1.82) is 0 Å². The fourth-order valence-electron chi connectivity index (χ4n) is 1.14. The van der Waals surface area contributed by atoms with E-state index >= 15 is 0 Å². The highest BCUT2D eigenvalue weighted by molar-refractivity contribution is 6.11. The summed E-state index contributed by atoms with van der Waals surface area (Å²) in [4.78, 5) is 21.9. The van der Waals surface area contributed by atoms with Crippen molar-refractivity contribution in [2.24, 2.45) is 5.92 Å². The van der Waals surface area contributed by atoms with Gasteiger partial charge in [-0.25, -0.2) is 9.59 Å². The molecule has 0 saturated heterocycles. The number of carbonyl (C=O) groups is 2. The Kier molecular flexibility index (Phi) is 2.31. The quantitative estimate of drug-likeness (QED) is 0.462. The Morgan fingerprint density at radius 1 is 1.25 bits per heavy atom. The molecule has 12 heavy (non-hydrogen) atoms. The van der Waals surface area contributed by atoms with E-state index in [9.17, 15) is 9.59 Å². The lowest BCUT2D eigenvalue weighted by Crippen LogP contribution is -2.03. The van der Waals surface area contributed by atoms with Gasteiger partial charge in [-0.15, -0.1) is 0 Å². The minimum Gasteiger partial charge on any atom is -0.386 e. The molecule has 1 aliphatic rings. The maximum Gasteiger partial charge on any atom is 0.342 e. The maximum atomic E-state index is 11.0. The molecule has 0 saturated carbocycles. The number of hydrogen-bond donors (Lipinski definition) is 0. The maximum absolute atomic E-state index is 11.0. The van der Waals surface area contributed by atoms with Crippen molar-refractivity contribution in [3.8, 4) is 0 Å². The Morgan fingerprint density at radius 2 is 1.83 bits per heavy atom. The van der Waals surface area contributed by atoms with Crippen LogP contribution in [0.2, 0.25) is 0 Å². The molecule has 1 rings (SSSR count). The fourth-order valence-corrected chi connectivity index (χ4v) is 1.14. The summed E-state index contributed by atoms with van der Waals surface area (Å²) in [7, 11) is 0. The summed E-state index contributed by atoms with van der Waals surface area (Å²) in [6.45, 7) is 5.62. The van der Waals surface area contributed by atoms with Crippen molar-refractivity contribution in [2.75, 3.05) is 0 Å². The zero-order valence-electron chi connectivity index (χ0n) is 7.51. The van der Waals surface area contributed by atoms with Gasteiger partial charge in [-0.3, -0.25) is 0 Å². The van der Waals surface area contributed by atoms with Gasteiger partial charge in [0.15, 0.2) is 0 Å². The van der Waals surface area contributed by atoms with Crippen LogP contribution >= 0.6 is 0 Å². The molecule has 66 valence electrons. The first-order valence-electron chi connectivity index (χ1n) is 3.98. The Hall–Kier alpha value is -1.12. The number of rotatable bonds is 2. The van der Waals surface area contributed by atoms with Gasteiger partial charge >= 0.3 is 11.9 Å². The first-order valence-corrected chi connectivity index (χ1v) is 3.98. The molecule has 0 unspecified atom stereocenters. The van der Waals surface area contributed by atoms with Crippen LogP contribution in [0.1, 0.15) is 27.2 Å². The Labute approximate surface area is 71.4 Å². The van der Waals surface area contributed by atoms with Crippen molar-refractivity contribution in [1.82, 2.24) is 0 Å². The van der Waals surface area contributed by atoms with Gasteiger partial charge in [-0.05, 0) is 19.3 Å². The SMILES string of the molecule is CC1=C(CC(C)C)C(=O)OC1=O. The minimum atomic E-state index is -0.490. The molecule has 3 heteroatoms. The van der Waals surface area contributed by atoms with Crippen LogP contribution in [0.3, 0.4) is 0 Å². The second-order valence-electron chi connectivity index (χ2n) is 3.38. The van der Waals surface area contributed by atoms with E-state index in [2.05, 4.69) is 4.74 Å². The summed E-state index contributed by atoms with van der Waals surface area (Å²) in [5, 5.41) is 0. The van der Waals surface area contributed by atoms with Gasteiger partial charge in [0.05, 0.1) is 0 Å². The van der Waals surface area contributed by atoms with Gasteiger partial charge in [0.1, 0.15) is 0 Å². The van der Waals surface area contributed by atoms with Crippen molar-refractivity contribution in [3.63, 3.8) is 0 Å². The highest BCUT2D eigenvalue weighted by Crippen LogP contribution is 2.22. The topological polar surface area (TPSA) is 43.4 Å². The van der Waals surface area contributed by atoms with Crippen LogP contribution in [0.4, 0.5) is 0 Å². The van der Waals surface area contributed by atoms with E-state index in [0.29, 0.717) is 23.5 Å². The molecule has 0 radical (unpaired) electrons. The van der Waals surface area contributed by atoms with Gasteiger partial charge in [0.2, 0.25) is 0 Å². The lowest BCUT2D eigenvalue weighted by atomic mass is 10.0. The van der Waals surface area contributed by atoms with Crippen LogP contribution < -0.4 is 0 Å². The first kappa shape index (κ1) is 8.97. The molecule has 1 aliphatic heterocycles. The van der Waals surface area contributed by atoms with Crippen LogP contribution in [-0.2, 0) is 14.3 Å². The van der Waals surface area contributed by atoms with Gasteiger partial charge < -0.3 is 4.74 Å². The average Bonchev–Trinajstić information content (AvgIpc) is 2.16. The number of hydrogen-bond acceptors (Lipinski definition) is 3. The van der Waals surface area contributed by atoms with E-state index in [0.717, 1.165) is 0 Å². The zero-order valence-corrected chi connectivity index (χ0v) is 7.51. The summed E-state index contributed by atoms with van der Waals surface area (Å²) in [6, 6.07) is 0. The predicted molar refractivity (Wildman–Crippen MR) is 43.3 cm³/mol. The van der Waals surface area contributed by atoms with Gasteiger partial charge in [-0.2, -0.15) is 0 Å². The van der Waals surface area contributed by atoms with Crippen LogP contribution in [0.15, 0.2) is 11.1 Å². The molecule has 0 spiro atoms. The molecule has 0 aliphatic carbocycles. The molecule has 0 aromatic rings. The molecule has 0 bridgehead atoms. The van der Waals surface area contributed by atoms with E-state index in [1.54, 1.807) is 6.92 Å². The molecule has 0 aromatic carbocycles. The molecule has 3 nitrogen and oxygen atoms in total. The Balaban J connectivity index is 2.85. The van der Waals surface area contributed by atoms with Crippen LogP contribution in [-0.4, -0.2) is 11.9 Å². The number of cyclic esters (lactones) is 2. The first-order chi connectivity index (χ1) is 5.52. The largest absolute Gasteiger partial charge is 0.386 e. The standard InChI is InChI=1S/C9H12O3/c1-5(2)4-7-6(3)8(10)12-9(7)11/h5H,4H2,1-3H3. The number of ether oxygens (including phenoxy) is 1. The van der Waals surface area contributed by atoms with Gasteiger partial charge in [0.25, 0.3) is 0 Å². The summed E-state index contributed by atoms with van der Waals surface area (Å²) in [6.07, 6.45) is 0.621. The fraction of sp³-hybridized carbons (Fsp3) is 0.556. The Morgan fingerprint density at radius 3 is 2.17 bits per heavy atom. The second-order valence-corrected chi connectivity index (χ2v) is 3.38. The van der Waals surface area contributed by atoms with Crippen LogP contribution in [0.25, 0.3) is 0 Å². The molecular weight excluding hydrogens is 156 g/mol. The second kappa shape index (κ2) is 3.09. The van der Waals surface area contributed by atoms with Crippen molar-refractivity contribution < 1.29 is 14.3 Å². The van der Waals surface area contributed by atoms with Gasteiger partial charge in [0, 0.05) is 11.1 Å². The molecule has 0 amide bonds. The number of carbonyl (C=O) groups excluding carboxylic acids is 2. The zero-order chi connectivity index (χ0) is 9.30. The summed E-state index contributed by atoms with van der Waals surface area (Å²) >= 11 is 0. The van der Waals surface area contributed by atoms with Crippen molar-refractivity contribution in [2.45, 2.75) is 27.2 Å². The Bertz CT molecular complexity index is 261. The minimum absolute atomic E-state index is 0.369. The highest BCUT2D eigenvalue weighted by Gasteiger charge is 2.29. The lowest BCUT2D eigenvalue weighted by molar-refractivity contribution is -0.151. The van der Waals surface area contributed by atoms with E-state index in [4.69, 9.17) is 0 Å². The molecule has 0 aromatic heterocycles. The van der Waals surface area contributed by atoms with E-state index < -0.39 is 11.9 Å². The molecular formula is C9H12O3. The van der Waals surface area contributed by atoms with E-state index in [1.165, 1.54) is 0 Å². The molecule has 0 atom stereocenters. The van der Waals surface area contributed by atoms with Crippen molar-refractivity contribution >= 4 is 11.9 Å². The predicted octanol–water partition coefficient (Wildman–Crippen LogP) is 1.43. The summed E-state index contributed by atoms with van der Waals surface area (Å²) in [5.41, 5.74) is 1.00. The van der Waals surface area contributed by atoms with E-state index in [1.807, 2.05) is 13.8 Å². The van der Waals surface area contributed by atoms with Crippen molar-refractivity contribution in [3.05, 3.63) is 11.1 Å². The third-order valence-corrected chi connectivity index (χ3v) is 1.80. The van der Waals surface area contributed by atoms with Crippen LogP contribution in [0.5, 0.6) is 0 Å². The summed E-state index contributed by atoms with van der Waals surface area (Å²) < 4.78 is 4.44. The number of esters is 2. The van der Waals surface area contributed by atoms with Gasteiger partial charge in [-0.1, -0.05) is 13.8 Å². The third kappa shape index (κ3) is 1.55. The smallest absolute Gasteiger partial charge is 0.342 e. The normalized spacial score (nSPS) is 17.7. The molecule has 0 fully saturated rings. The molecule has 1 heterocycles. The lowest BCUT2D eigenvalue weighted by Gasteiger charge is -2.02. The van der Waals surface area contributed by atoms with E-state index in [-0.39, 0.29) is 0 Å². The molecule has 0 N–H and O–H groups in total. The van der Waals surface area contributed by atoms with Crippen LogP contribution in [0, 0.1) is 5.92 Å². The average molecular weight is 168 g/mol. The monoisotopic (exact) mass is 168 g/mol.